The van der Waals surface area contributed by atoms with Gasteiger partial charge in [0.1, 0.15) is 0 Å². The molecular weight excluding hydrogens is 260 g/mol. The van der Waals surface area contributed by atoms with E-state index in [4.69, 9.17) is 11.6 Å². The number of rotatable bonds is 6. The van der Waals surface area contributed by atoms with Gasteiger partial charge in [-0.2, -0.15) is 0 Å². The van der Waals surface area contributed by atoms with E-state index in [-0.39, 0.29) is 5.91 Å². The van der Waals surface area contributed by atoms with E-state index in [0.717, 1.165) is 30.2 Å². The molecule has 0 aliphatic carbocycles. The maximum atomic E-state index is 12.1. The quantitative estimate of drug-likeness (QED) is 0.649. The second-order valence-corrected chi connectivity index (χ2v) is 4.76. The summed E-state index contributed by atoms with van der Waals surface area (Å²) in [5, 5.41) is 3.83. The number of alkyl halides is 1. The third-order valence-electron chi connectivity index (χ3n) is 2.99. The average Bonchev–Trinajstić information content (AvgIpc) is 2.46. The van der Waals surface area contributed by atoms with Crippen molar-refractivity contribution in [2.75, 3.05) is 12.4 Å². The summed E-state index contributed by atoms with van der Waals surface area (Å²) in [5.74, 6) is 0.646. The number of fused-ring (bicyclic) bond motifs is 1. The Bertz CT molecular complexity index is 551. The molecule has 0 aliphatic heterocycles. The van der Waals surface area contributed by atoms with Crippen molar-refractivity contribution >= 4 is 28.4 Å². The van der Waals surface area contributed by atoms with Crippen LogP contribution in [0.1, 0.15) is 29.6 Å². The summed E-state index contributed by atoms with van der Waals surface area (Å²) in [7, 11) is 0. The van der Waals surface area contributed by atoms with Crippen LogP contribution in [0.2, 0.25) is 0 Å². The number of amides is 1. The van der Waals surface area contributed by atoms with Crippen molar-refractivity contribution in [1.82, 2.24) is 10.3 Å². The van der Waals surface area contributed by atoms with Gasteiger partial charge in [-0.05, 0) is 25.0 Å². The number of hydrogen-bond acceptors (Lipinski definition) is 2. The molecule has 3 nitrogen and oxygen atoms in total. The minimum atomic E-state index is -0.0375. The lowest BCUT2D eigenvalue weighted by Gasteiger charge is -2.07. The fourth-order valence-corrected chi connectivity index (χ4v) is 2.18. The Morgan fingerprint density at radius 1 is 1.16 bits per heavy atom. The second kappa shape index (κ2) is 7.10. The summed E-state index contributed by atoms with van der Waals surface area (Å²) in [6, 6.07) is 9.43. The Morgan fingerprint density at radius 3 is 2.84 bits per heavy atom. The van der Waals surface area contributed by atoms with Crippen LogP contribution in [0.25, 0.3) is 10.9 Å². The molecule has 1 amide bonds. The largest absolute Gasteiger partial charge is 0.352 e. The highest BCUT2D eigenvalue weighted by atomic mass is 35.5. The van der Waals surface area contributed by atoms with E-state index < -0.39 is 0 Å². The van der Waals surface area contributed by atoms with Gasteiger partial charge in [0.15, 0.2) is 0 Å². The van der Waals surface area contributed by atoms with Gasteiger partial charge in [-0.25, -0.2) is 0 Å². The molecule has 2 rings (SSSR count). The molecule has 0 aliphatic rings. The van der Waals surface area contributed by atoms with Crippen molar-refractivity contribution < 1.29 is 4.79 Å². The van der Waals surface area contributed by atoms with Gasteiger partial charge in [-0.1, -0.05) is 24.6 Å². The first-order valence-corrected chi connectivity index (χ1v) is 7.04. The van der Waals surface area contributed by atoms with E-state index in [9.17, 15) is 4.79 Å². The fraction of sp³-hybridized carbons (Fsp3) is 0.333. The van der Waals surface area contributed by atoms with Gasteiger partial charge in [-0.15, -0.1) is 11.6 Å². The SMILES string of the molecule is O=C(NCCCCCCl)c1ccnc2ccccc12. The number of hydrogen-bond donors (Lipinski definition) is 1. The minimum absolute atomic E-state index is 0.0375. The number of para-hydroxylation sites is 1. The summed E-state index contributed by atoms with van der Waals surface area (Å²) in [6.07, 6.45) is 4.67. The maximum absolute atomic E-state index is 12.1. The molecule has 2 aromatic rings. The molecule has 0 saturated heterocycles. The first kappa shape index (κ1) is 13.8. The predicted molar refractivity (Wildman–Crippen MR) is 78.6 cm³/mol. The monoisotopic (exact) mass is 276 g/mol. The molecule has 1 aromatic heterocycles. The van der Waals surface area contributed by atoms with Crippen molar-refractivity contribution in [2.45, 2.75) is 19.3 Å². The van der Waals surface area contributed by atoms with Crippen LogP contribution in [0.5, 0.6) is 0 Å². The average molecular weight is 277 g/mol. The van der Waals surface area contributed by atoms with Gasteiger partial charge in [-0.3, -0.25) is 9.78 Å². The first-order chi connectivity index (χ1) is 9.33. The Balaban J connectivity index is 2.01. The number of unbranched alkanes of at least 4 members (excludes halogenated alkanes) is 2. The van der Waals surface area contributed by atoms with Gasteiger partial charge in [0.2, 0.25) is 0 Å². The molecule has 0 spiro atoms. The molecular formula is C15H17ClN2O. The molecule has 0 unspecified atom stereocenters. The molecule has 0 bridgehead atoms. The van der Waals surface area contributed by atoms with Gasteiger partial charge in [0.05, 0.1) is 11.1 Å². The Hall–Kier alpha value is -1.61. The zero-order valence-electron chi connectivity index (χ0n) is 10.7. The molecule has 4 heteroatoms. The zero-order chi connectivity index (χ0) is 13.5. The third-order valence-corrected chi connectivity index (χ3v) is 3.26. The number of nitrogens with zero attached hydrogens (tertiary/aromatic N) is 1. The molecule has 0 saturated carbocycles. The maximum Gasteiger partial charge on any atom is 0.252 e. The molecule has 1 heterocycles. The molecule has 19 heavy (non-hydrogen) atoms. The molecule has 1 N–H and O–H groups in total. The Morgan fingerprint density at radius 2 is 2.00 bits per heavy atom. The van der Waals surface area contributed by atoms with Crippen LogP contribution in [0.4, 0.5) is 0 Å². The van der Waals surface area contributed by atoms with E-state index in [1.165, 1.54) is 0 Å². The van der Waals surface area contributed by atoms with Gasteiger partial charge in [0.25, 0.3) is 5.91 Å². The van der Waals surface area contributed by atoms with Crippen molar-refractivity contribution in [2.24, 2.45) is 0 Å². The van der Waals surface area contributed by atoms with Crippen LogP contribution in [-0.4, -0.2) is 23.3 Å². The van der Waals surface area contributed by atoms with E-state index in [0.29, 0.717) is 18.0 Å². The number of carbonyl (C=O) groups is 1. The lowest BCUT2D eigenvalue weighted by Crippen LogP contribution is -2.24. The summed E-state index contributed by atoms with van der Waals surface area (Å²) >= 11 is 5.61. The van der Waals surface area contributed by atoms with Crippen molar-refractivity contribution in [3.05, 3.63) is 42.1 Å². The number of pyridine rings is 1. The lowest BCUT2D eigenvalue weighted by atomic mass is 10.1. The zero-order valence-corrected chi connectivity index (χ0v) is 11.5. The molecule has 100 valence electrons. The third kappa shape index (κ3) is 3.67. The second-order valence-electron chi connectivity index (χ2n) is 4.38. The molecule has 0 atom stereocenters. The lowest BCUT2D eigenvalue weighted by molar-refractivity contribution is 0.0954. The van der Waals surface area contributed by atoms with Crippen LogP contribution in [0, 0.1) is 0 Å². The minimum Gasteiger partial charge on any atom is -0.352 e. The number of aromatic nitrogens is 1. The topological polar surface area (TPSA) is 42.0 Å². The molecule has 1 aromatic carbocycles. The summed E-state index contributed by atoms with van der Waals surface area (Å²) in [4.78, 5) is 16.4. The highest BCUT2D eigenvalue weighted by molar-refractivity contribution is 6.17. The predicted octanol–water partition coefficient (Wildman–Crippen LogP) is 3.37. The van der Waals surface area contributed by atoms with Gasteiger partial charge in [0, 0.05) is 24.0 Å². The van der Waals surface area contributed by atoms with Crippen LogP contribution in [0.15, 0.2) is 36.5 Å². The van der Waals surface area contributed by atoms with Crippen LogP contribution in [-0.2, 0) is 0 Å². The number of benzene rings is 1. The number of nitrogens with one attached hydrogen (secondary N) is 1. The summed E-state index contributed by atoms with van der Waals surface area (Å²) in [6.45, 7) is 0.687. The highest BCUT2D eigenvalue weighted by Gasteiger charge is 2.09. The Labute approximate surface area is 118 Å². The first-order valence-electron chi connectivity index (χ1n) is 6.51. The smallest absolute Gasteiger partial charge is 0.252 e. The van der Waals surface area contributed by atoms with Crippen LogP contribution >= 0.6 is 11.6 Å². The van der Waals surface area contributed by atoms with Gasteiger partial charge < -0.3 is 5.32 Å². The number of carbonyl (C=O) groups excluding carboxylic acids is 1. The van der Waals surface area contributed by atoms with Crippen molar-refractivity contribution in [1.29, 1.82) is 0 Å². The van der Waals surface area contributed by atoms with Crippen LogP contribution in [0.3, 0.4) is 0 Å². The normalized spacial score (nSPS) is 10.6. The van der Waals surface area contributed by atoms with E-state index in [1.807, 2.05) is 24.3 Å². The molecule has 0 fully saturated rings. The van der Waals surface area contributed by atoms with Crippen LogP contribution < -0.4 is 5.32 Å². The van der Waals surface area contributed by atoms with Crippen molar-refractivity contribution in [3.63, 3.8) is 0 Å². The number of halogens is 1. The fourth-order valence-electron chi connectivity index (χ4n) is 1.99. The summed E-state index contributed by atoms with van der Waals surface area (Å²) in [5.41, 5.74) is 1.53. The van der Waals surface area contributed by atoms with Gasteiger partial charge >= 0.3 is 0 Å². The Kier molecular flexibility index (Phi) is 5.16. The van der Waals surface area contributed by atoms with E-state index >= 15 is 0 Å². The summed E-state index contributed by atoms with van der Waals surface area (Å²) < 4.78 is 0. The van der Waals surface area contributed by atoms with Crippen molar-refractivity contribution in [3.8, 4) is 0 Å². The standard InChI is InChI=1S/C15H17ClN2O/c16-9-4-1-5-10-18-15(19)13-8-11-17-14-7-3-2-6-12(13)14/h2-3,6-8,11H,1,4-5,9-10H2,(H,18,19). The van der Waals surface area contributed by atoms with E-state index in [2.05, 4.69) is 10.3 Å². The highest BCUT2D eigenvalue weighted by Crippen LogP contribution is 2.15. The molecule has 0 radical (unpaired) electrons. The van der Waals surface area contributed by atoms with E-state index in [1.54, 1.807) is 12.3 Å².